The molecule has 3 nitrogen and oxygen atoms in total. The molecule has 0 unspecified atom stereocenters. The summed E-state index contributed by atoms with van der Waals surface area (Å²) < 4.78 is 2.27. The molecule has 0 radical (unpaired) electrons. The van der Waals surface area contributed by atoms with Crippen LogP contribution in [0.4, 0.5) is 0 Å². The second-order valence-electron chi connectivity index (χ2n) is 9.05. The van der Waals surface area contributed by atoms with Gasteiger partial charge in [0, 0.05) is 51.0 Å². The van der Waals surface area contributed by atoms with Crippen molar-refractivity contribution in [1.82, 2.24) is 4.57 Å². The predicted octanol–water partition coefficient (Wildman–Crippen LogP) is 7.12. The molecular formula is C29H29NO2. The predicted molar refractivity (Wildman–Crippen MR) is 131 cm³/mol. The number of benzene rings is 3. The van der Waals surface area contributed by atoms with E-state index in [0.29, 0.717) is 5.56 Å². The van der Waals surface area contributed by atoms with Gasteiger partial charge in [-0.25, -0.2) is 0 Å². The average Bonchev–Trinajstić information content (AvgIpc) is 3.16. The molecule has 1 aromatic heterocycles. The smallest absolute Gasteiger partial charge is 0.193 e. The first-order valence-corrected chi connectivity index (χ1v) is 11.8. The van der Waals surface area contributed by atoms with Crippen molar-refractivity contribution in [3.63, 3.8) is 0 Å². The molecule has 0 amide bonds. The first-order valence-electron chi connectivity index (χ1n) is 11.8. The fourth-order valence-corrected chi connectivity index (χ4v) is 5.32. The van der Waals surface area contributed by atoms with Crippen molar-refractivity contribution >= 4 is 33.4 Å². The second-order valence-corrected chi connectivity index (χ2v) is 9.05. The van der Waals surface area contributed by atoms with Crippen LogP contribution in [0, 0.1) is 12.8 Å². The molecular weight excluding hydrogens is 394 g/mol. The van der Waals surface area contributed by atoms with Gasteiger partial charge in [-0.3, -0.25) is 9.59 Å². The molecule has 5 rings (SSSR count). The Morgan fingerprint density at radius 2 is 1.47 bits per heavy atom. The van der Waals surface area contributed by atoms with Gasteiger partial charge in [-0.1, -0.05) is 43.5 Å². The lowest BCUT2D eigenvalue weighted by Gasteiger charge is -2.20. The van der Waals surface area contributed by atoms with Gasteiger partial charge in [-0.2, -0.15) is 0 Å². The third kappa shape index (κ3) is 3.46. The largest absolute Gasteiger partial charge is 0.341 e. The Morgan fingerprint density at radius 3 is 2.12 bits per heavy atom. The lowest BCUT2D eigenvalue weighted by Crippen LogP contribution is -2.17. The summed E-state index contributed by atoms with van der Waals surface area (Å²) in [5, 5.41) is 2.10. The molecule has 1 aliphatic rings. The quantitative estimate of drug-likeness (QED) is 0.321. The highest BCUT2D eigenvalue weighted by Crippen LogP contribution is 2.33. The topological polar surface area (TPSA) is 39.1 Å². The van der Waals surface area contributed by atoms with Crippen LogP contribution in [0.2, 0.25) is 0 Å². The van der Waals surface area contributed by atoms with E-state index in [1.165, 1.54) is 6.42 Å². The van der Waals surface area contributed by atoms with Crippen LogP contribution in [0.3, 0.4) is 0 Å². The third-order valence-corrected chi connectivity index (χ3v) is 7.09. The number of carbonyl (C=O) groups is 2. The van der Waals surface area contributed by atoms with Crippen LogP contribution < -0.4 is 0 Å². The highest BCUT2D eigenvalue weighted by atomic mass is 16.1. The van der Waals surface area contributed by atoms with E-state index in [9.17, 15) is 9.59 Å². The Morgan fingerprint density at radius 1 is 0.844 bits per heavy atom. The van der Waals surface area contributed by atoms with Crippen LogP contribution in [0.5, 0.6) is 0 Å². The van der Waals surface area contributed by atoms with Crippen molar-refractivity contribution in [2.45, 2.75) is 52.5 Å². The van der Waals surface area contributed by atoms with Gasteiger partial charge in [0.2, 0.25) is 0 Å². The van der Waals surface area contributed by atoms with E-state index in [1.807, 2.05) is 55.5 Å². The summed E-state index contributed by atoms with van der Waals surface area (Å²) in [5.74, 6) is 0.465. The number of nitrogens with zero attached hydrogens (tertiary/aromatic N) is 1. The van der Waals surface area contributed by atoms with E-state index in [4.69, 9.17) is 0 Å². The van der Waals surface area contributed by atoms with Crippen LogP contribution in [0.15, 0.2) is 60.7 Å². The number of hydrogen-bond donors (Lipinski definition) is 0. The number of aryl methyl sites for hydroxylation is 2. The van der Waals surface area contributed by atoms with Crippen molar-refractivity contribution in [2.24, 2.45) is 5.92 Å². The van der Waals surface area contributed by atoms with Crippen LogP contribution >= 0.6 is 0 Å². The van der Waals surface area contributed by atoms with Gasteiger partial charge in [-0.05, 0) is 68.7 Å². The zero-order valence-corrected chi connectivity index (χ0v) is 18.9. The molecule has 0 saturated heterocycles. The molecule has 0 spiro atoms. The lowest BCUT2D eigenvalue weighted by molar-refractivity contribution is 0.0889. The minimum atomic E-state index is 0.0387. The summed E-state index contributed by atoms with van der Waals surface area (Å²) in [5.41, 5.74) is 5.42. The molecule has 0 N–H and O–H groups in total. The monoisotopic (exact) mass is 423 g/mol. The molecule has 1 saturated carbocycles. The minimum Gasteiger partial charge on any atom is -0.341 e. The first-order chi connectivity index (χ1) is 15.6. The van der Waals surface area contributed by atoms with E-state index in [1.54, 1.807) is 0 Å². The van der Waals surface area contributed by atoms with Crippen molar-refractivity contribution in [1.29, 1.82) is 0 Å². The maximum Gasteiger partial charge on any atom is 0.193 e. The Balaban J connectivity index is 1.63. The minimum absolute atomic E-state index is 0.0387. The normalized spacial score (nSPS) is 14.8. The van der Waals surface area contributed by atoms with Gasteiger partial charge in [0.15, 0.2) is 11.6 Å². The molecule has 1 fully saturated rings. The number of ketones is 2. The number of carbonyl (C=O) groups excluding carboxylic acids is 2. The molecule has 4 aromatic rings. The van der Waals surface area contributed by atoms with Crippen LogP contribution in [0.25, 0.3) is 21.8 Å². The Bertz CT molecular complexity index is 1340. The average molecular weight is 424 g/mol. The summed E-state index contributed by atoms with van der Waals surface area (Å²) in [4.78, 5) is 26.4. The lowest BCUT2D eigenvalue weighted by atomic mass is 9.83. The van der Waals surface area contributed by atoms with Crippen molar-refractivity contribution in [2.75, 3.05) is 0 Å². The molecule has 0 aliphatic heterocycles. The molecule has 0 atom stereocenters. The van der Waals surface area contributed by atoms with E-state index < -0.39 is 0 Å². The van der Waals surface area contributed by atoms with Crippen molar-refractivity contribution in [3.8, 4) is 0 Å². The molecule has 162 valence electrons. The summed E-state index contributed by atoms with van der Waals surface area (Å²) in [6.07, 6.45) is 5.55. The summed E-state index contributed by atoms with van der Waals surface area (Å²) in [6, 6.07) is 19.8. The van der Waals surface area contributed by atoms with Crippen LogP contribution in [-0.4, -0.2) is 16.1 Å². The molecule has 1 heterocycles. The highest BCUT2D eigenvalue weighted by molar-refractivity contribution is 6.16. The zero-order chi connectivity index (χ0) is 22.2. The fraction of sp³-hybridized carbons (Fsp3) is 0.310. The number of aromatic nitrogens is 1. The standard InChI is InChI=1S/C29H29NO2/c1-3-30-26-15-13-21(28(31)20-10-5-4-6-11-20)17-24(26)25-18-22(14-16-27(25)30)29(32)23-12-8-7-9-19(23)2/h7-9,12-18,20H,3-6,10-11H2,1-2H3. The number of hydrogen-bond acceptors (Lipinski definition) is 2. The van der Waals surface area contributed by atoms with Gasteiger partial charge >= 0.3 is 0 Å². The van der Waals surface area contributed by atoms with E-state index in [2.05, 4.69) is 23.6 Å². The van der Waals surface area contributed by atoms with E-state index in [0.717, 1.165) is 70.7 Å². The van der Waals surface area contributed by atoms with Crippen LogP contribution in [0.1, 0.15) is 70.9 Å². The number of fused-ring (bicyclic) bond motifs is 3. The Labute approximate surface area is 189 Å². The van der Waals surface area contributed by atoms with Crippen molar-refractivity contribution in [3.05, 3.63) is 82.9 Å². The highest BCUT2D eigenvalue weighted by Gasteiger charge is 2.23. The maximum absolute atomic E-state index is 13.2. The van der Waals surface area contributed by atoms with Crippen molar-refractivity contribution < 1.29 is 9.59 Å². The van der Waals surface area contributed by atoms with E-state index >= 15 is 0 Å². The number of rotatable bonds is 5. The molecule has 32 heavy (non-hydrogen) atoms. The van der Waals surface area contributed by atoms with Gasteiger partial charge in [-0.15, -0.1) is 0 Å². The van der Waals surface area contributed by atoms with Gasteiger partial charge in [0.05, 0.1) is 0 Å². The summed E-state index contributed by atoms with van der Waals surface area (Å²) in [7, 11) is 0. The molecule has 1 aliphatic carbocycles. The van der Waals surface area contributed by atoms with Crippen LogP contribution in [-0.2, 0) is 6.54 Å². The maximum atomic E-state index is 13.2. The molecule has 3 heteroatoms. The molecule has 0 bridgehead atoms. The summed E-state index contributed by atoms with van der Waals surface area (Å²) >= 11 is 0. The van der Waals surface area contributed by atoms with Gasteiger partial charge in [0.1, 0.15) is 0 Å². The Kier molecular flexibility index (Phi) is 5.42. The molecule has 3 aromatic carbocycles. The van der Waals surface area contributed by atoms with Gasteiger partial charge in [0.25, 0.3) is 0 Å². The van der Waals surface area contributed by atoms with E-state index in [-0.39, 0.29) is 17.5 Å². The Hall–Kier alpha value is -3.20. The number of Topliss-reactive ketones (excluding diaryl/α,β-unsaturated/α-hetero) is 1. The zero-order valence-electron chi connectivity index (χ0n) is 18.9. The summed E-state index contributed by atoms with van der Waals surface area (Å²) in [6.45, 7) is 4.94. The SMILES string of the molecule is CCn1c2ccc(C(=O)c3ccccc3C)cc2c2cc(C(=O)C3CCCCC3)ccc21. The second kappa shape index (κ2) is 8.38. The first kappa shape index (κ1) is 20.7. The fourth-order valence-electron chi connectivity index (χ4n) is 5.32. The van der Waals surface area contributed by atoms with Gasteiger partial charge < -0.3 is 4.57 Å². The third-order valence-electron chi connectivity index (χ3n) is 7.09.